The summed E-state index contributed by atoms with van der Waals surface area (Å²) < 4.78 is 0. The smallest absolute Gasteiger partial charge is 0.0622 e. The molecule has 72 valence electrons. The minimum absolute atomic E-state index is 0.0564. The molecule has 0 aromatic heterocycles. The summed E-state index contributed by atoms with van der Waals surface area (Å²) in [5.74, 6) is 1.28. The first kappa shape index (κ1) is 10.0. The second kappa shape index (κ2) is 3.37. The second-order valence-electron chi connectivity index (χ2n) is 5.07. The molecule has 0 aliphatic heterocycles. The quantitative estimate of drug-likeness (QED) is 0.690. The second-order valence-corrected chi connectivity index (χ2v) is 5.07. The Morgan fingerprint density at radius 3 is 2.42 bits per heavy atom. The molecule has 1 saturated carbocycles. The highest BCUT2D eigenvalue weighted by Crippen LogP contribution is 2.49. The van der Waals surface area contributed by atoms with Crippen LogP contribution >= 0.6 is 0 Å². The van der Waals surface area contributed by atoms with Gasteiger partial charge in [0.05, 0.1) is 6.10 Å². The molecule has 3 unspecified atom stereocenters. The Kier molecular flexibility index (Phi) is 2.82. The summed E-state index contributed by atoms with van der Waals surface area (Å²) in [6.45, 7) is 8.80. The molecule has 0 spiro atoms. The summed E-state index contributed by atoms with van der Waals surface area (Å²) in [6, 6.07) is 0. The van der Waals surface area contributed by atoms with Gasteiger partial charge in [-0.05, 0) is 23.7 Å². The van der Waals surface area contributed by atoms with Crippen LogP contribution in [0.4, 0.5) is 0 Å². The van der Waals surface area contributed by atoms with Crippen molar-refractivity contribution in [3.63, 3.8) is 0 Å². The third kappa shape index (κ3) is 1.66. The molecule has 0 aromatic carbocycles. The molecule has 0 saturated heterocycles. The van der Waals surface area contributed by atoms with Crippen LogP contribution in [-0.4, -0.2) is 11.2 Å². The van der Waals surface area contributed by atoms with Crippen molar-refractivity contribution in [3.05, 3.63) is 0 Å². The molecule has 1 nitrogen and oxygen atoms in total. The van der Waals surface area contributed by atoms with Crippen LogP contribution in [0.1, 0.15) is 47.0 Å². The first-order valence-electron chi connectivity index (χ1n) is 5.17. The van der Waals surface area contributed by atoms with Gasteiger partial charge in [0.1, 0.15) is 0 Å². The number of aliphatic hydroxyl groups is 1. The Bertz CT molecular complexity index is 151. The average molecular weight is 170 g/mol. The lowest BCUT2D eigenvalue weighted by atomic mass is 9.57. The van der Waals surface area contributed by atoms with Gasteiger partial charge in [0.15, 0.2) is 0 Å². The standard InChI is InChI=1S/C11H22O/c1-5-6-8(2)9-7-11(3,4)10(9)12/h8-10,12H,5-7H2,1-4H3. The zero-order valence-electron chi connectivity index (χ0n) is 8.80. The minimum Gasteiger partial charge on any atom is -0.392 e. The Hall–Kier alpha value is -0.0400. The van der Waals surface area contributed by atoms with Crippen LogP contribution < -0.4 is 0 Å². The first-order chi connectivity index (χ1) is 5.49. The van der Waals surface area contributed by atoms with Crippen molar-refractivity contribution in [2.24, 2.45) is 17.3 Å². The lowest BCUT2D eigenvalue weighted by molar-refractivity contribution is -0.120. The van der Waals surface area contributed by atoms with E-state index in [0.29, 0.717) is 11.8 Å². The van der Waals surface area contributed by atoms with Crippen LogP contribution in [0, 0.1) is 17.3 Å². The maximum Gasteiger partial charge on any atom is 0.0622 e. The van der Waals surface area contributed by atoms with Crippen molar-refractivity contribution < 1.29 is 5.11 Å². The molecule has 0 aromatic rings. The Morgan fingerprint density at radius 1 is 1.50 bits per heavy atom. The highest BCUT2D eigenvalue weighted by Gasteiger charge is 2.47. The van der Waals surface area contributed by atoms with Gasteiger partial charge in [-0.1, -0.05) is 40.5 Å². The summed E-state index contributed by atoms with van der Waals surface area (Å²) in [6.07, 6.45) is 3.65. The van der Waals surface area contributed by atoms with Gasteiger partial charge in [-0.2, -0.15) is 0 Å². The van der Waals surface area contributed by atoms with Crippen molar-refractivity contribution in [2.75, 3.05) is 0 Å². The highest BCUT2D eigenvalue weighted by atomic mass is 16.3. The summed E-state index contributed by atoms with van der Waals surface area (Å²) in [4.78, 5) is 0. The SMILES string of the molecule is CCCC(C)C1CC(C)(C)C1O. The number of rotatable bonds is 3. The van der Waals surface area contributed by atoms with E-state index in [-0.39, 0.29) is 11.5 Å². The van der Waals surface area contributed by atoms with E-state index in [4.69, 9.17) is 0 Å². The van der Waals surface area contributed by atoms with Gasteiger partial charge in [-0.3, -0.25) is 0 Å². The fourth-order valence-electron chi connectivity index (χ4n) is 2.44. The molecule has 1 aliphatic rings. The third-order valence-corrected chi connectivity index (χ3v) is 3.44. The third-order valence-electron chi connectivity index (χ3n) is 3.44. The normalized spacial score (nSPS) is 35.8. The van der Waals surface area contributed by atoms with E-state index in [1.54, 1.807) is 0 Å². The summed E-state index contributed by atoms with van der Waals surface area (Å²) in [5, 5.41) is 9.83. The van der Waals surface area contributed by atoms with Crippen molar-refractivity contribution in [3.8, 4) is 0 Å². The van der Waals surface area contributed by atoms with Crippen LogP contribution in [0.2, 0.25) is 0 Å². The average Bonchev–Trinajstić information content (AvgIpc) is 2.00. The Balaban J connectivity index is 2.38. The van der Waals surface area contributed by atoms with Gasteiger partial charge in [0.2, 0.25) is 0 Å². The topological polar surface area (TPSA) is 20.2 Å². The van der Waals surface area contributed by atoms with Crippen LogP contribution in [0.25, 0.3) is 0 Å². The van der Waals surface area contributed by atoms with Crippen molar-refractivity contribution in [1.82, 2.24) is 0 Å². The van der Waals surface area contributed by atoms with E-state index >= 15 is 0 Å². The van der Waals surface area contributed by atoms with Crippen molar-refractivity contribution >= 4 is 0 Å². The van der Waals surface area contributed by atoms with E-state index in [1.165, 1.54) is 19.3 Å². The van der Waals surface area contributed by atoms with Crippen LogP contribution in [0.15, 0.2) is 0 Å². The van der Waals surface area contributed by atoms with Gasteiger partial charge in [0, 0.05) is 0 Å². The van der Waals surface area contributed by atoms with Gasteiger partial charge in [-0.15, -0.1) is 0 Å². The van der Waals surface area contributed by atoms with Gasteiger partial charge < -0.3 is 5.11 Å². The molecule has 0 heterocycles. The maximum absolute atomic E-state index is 9.83. The molecule has 0 bridgehead atoms. The van der Waals surface area contributed by atoms with Crippen LogP contribution in [0.3, 0.4) is 0 Å². The van der Waals surface area contributed by atoms with E-state index < -0.39 is 0 Å². The van der Waals surface area contributed by atoms with E-state index in [1.807, 2.05) is 0 Å². The van der Waals surface area contributed by atoms with Gasteiger partial charge >= 0.3 is 0 Å². The van der Waals surface area contributed by atoms with E-state index in [2.05, 4.69) is 27.7 Å². The maximum atomic E-state index is 9.83. The largest absolute Gasteiger partial charge is 0.392 e. The Morgan fingerprint density at radius 2 is 2.08 bits per heavy atom. The number of hydrogen-bond acceptors (Lipinski definition) is 1. The van der Waals surface area contributed by atoms with E-state index in [9.17, 15) is 5.11 Å². The lowest BCUT2D eigenvalue weighted by Crippen LogP contribution is -2.51. The zero-order valence-corrected chi connectivity index (χ0v) is 8.80. The minimum atomic E-state index is -0.0564. The molecular formula is C11H22O. The van der Waals surface area contributed by atoms with Crippen LogP contribution in [0.5, 0.6) is 0 Å². The molecule has 1 aliphatic carbocycles. The van der Waals surface area contributed by atoms with E-state index in [0.717, 1.165) is 0 Å². The lowest BCUT2D eigenvalue weighted by Gasteiger charge is -2.51. The monoisotopic (exact) mass is 170 g/mol. The number of hydrogen-bond donors (Lipinski definition) is 1. The molecule has 1 fully saturated rings. The fraction of sp³-hybridized carbons (Fsp3) is 1.00. The number of aliphatic hydroxyl groups excluding tert-OH is 1. The predicted octanol–water partition coefficient (Wildman–Crippen LogP) is 2.83. The molecule has 3 atom stereocenters. The molecular weight excluding hydrogens is 148 g/mol. The summed E-state index contributed by atoms with van der Waals surface area (Å²) in [7, 11) is 0. The molecule has 1 heteroatoms. The zero-order chi connectivity index (χ0) is 9.35. The summed E-state index contributed by atoms with van der Waals surface area (Å²) >= 11 is 0. The first-order valence-corrected chi connectivity index (χ1v) is 5.17. The van der Waals surface area contributed by atoms with Crippen molar-refractivity contribution in [1.29, 1.82) is 0 Å². The summed E-state index contributed by atoms with van der Waals surface area (Å²) in [5.41, 5.74) is 0.187. The molecule has 0 amide bonds. The molecule has 12 heavy (non-hydrogen) atoms. The van der Waals surface area contributed by atoms with Crippen LogP contribution in [-0.2, 0) is 0 Å². The molecule has 0 radical (unpaired) electrons. The van der Waals surface area contributed by atoms with Gasteiger partial charge in [0.25, 0.3) is 0 Å². The highest BCUT2D eigenvalue weighted by molar-refractivity contribution is 4.97. The Labute approximate surface area is 76.2 Å². The van der Waals surface area contributed by atoms with Crippen molar-refractivity contribution in [2.45, 2.75) is 53.1 Å². The molecule has 1 N–H and O–H groups in total. The fourth-order valence-corrected chi connectivity index (χ4v) is 2.44. The van der Waals surface area contributed by atoms with Gasteiger partial charge in [-0.25, -0.2) is 0 Å². The molecule has 1 rings (SSSR count). The predicted molar refractivity (Wildman–Crippen MR) is 52.0 cm³/mol.